The number of nitrogens with one attached hydrogen (secondary N) is 1. The molecule has 11 heteroatoms. The average Bonchev–Trinajstić information content (AvgIpc) is 2.97. The van der Waals surface area contributed by atoms with Gasteiger partial charge in [0.05, 0.1) is 10.9 Å². The van der Waals surface area contributed by atoms with Crippen LogP contribution in [0.1, 0.15) is 44.2 Å². The maximum absolute atomic E-state index is 13.4. The van der Waals surface area contributed by atoms with Gasteiger partial charge in [0.1, 0.15) is 11.7 Å². The molecule has 0 radical (unpaired) electrons. The highest BCUT2D eigenvalue weighted by atomic mass is 32.2. The molecule has 2 aromatic carbocycles. The minimum Gasteiger partial charge on any atom is -0.303 e. The number of unbranched alkanes of at least 4 members (excludes halogenated alkanes) is 1. The summed E-state index contributed by atoms with van der Waals surface area (Å²) >= 11 is 0. The zero-order chi connectivity index (χ0) is 30.8. The van der Waals surface area contributed by atoms with Gasteiger partial charge in [-0.25, -0.2) is 16.8 Å². The first-order chi connectivity index (χ1) is 20.0. The highest BCUT2D eigenvalue weighted by Gasteiger charge is 2.37. The van der Waals surface area contributed by atoms with Crippen LogP contribution in [0, 0.1) is 0 Å². The lowest BCUT2D eigenvalue weighted by atomic mass is 10.1. The molecule has 1 fully saturated rings. The van der Waals surface area contributed by atoms with Gasteiger partial charge in [-0.1, -0.05) is 49.4 Å². The fraction of sp³-hybridized carbons (Fsp3) is 0.581. The Kier molecular flexibility index (Phi) is 13.1. The summed E-state index contributed by atoms with van der Waals surface area (Å²) in [7, 11) is -5.12. The van der Waals surface area contributed by atoms with Crippen LogP contribution in [-0.2, 0) is 37.5 Å². The van der Waals surface area contributed by atoms with E-state index in [9.17, 15) is 21.6 Å². The number of aryl methyl sites for hydroxylation is 1. The first kappa shape index (κ1) is 34.3. The lowest BCUT2D eigenvalue weighted by Gasteiger charge is -2.39. The van der Waals surface area contributed by atoms with Crippen molar-refractivity contribution in [2.24, 2.45) is 0 Å². The van der Waals surface area contributed by atoms with Crippen LogP contribution in [0.2, 0.25) is 0 Å². The summed E-state index contributed by atoms with van der Waals surface area (Å²) in [4.78, 5) is 16.9. The number of sulfone groups is 1. The van der Waals surface area contributed by atoms with Crippen molar-refractivity contribution in [2.75, 3.05) is 52.6 Å². The van der Waals surface area contributed by atoms with Gasteiger partial charge in [0.15, 0.2) is 9.84 Å². The van der Waals surface area contributed by atoms with Crippen molar-refractivity contribution >= 4 is 26.1 Å². The third-order valence-electron chi connectivity index (χ3n) is 8.29. The smallest absolute Gasteiger partial charge is 0.230 e. The molecular formula is C31H48N4O5S2. The third kappa shape index (κ3) is 9.68. The number of aldehydes is 1. The van der Waals surface area contributed by atoms with Crippen molar-refractivity contribution in [1.82, 2.24) is 19.4 Å². The molecule has 0 spiro atoms. The van der Waals surface area contributed by atoms with Crippen LogP contribution < -0.4 is 5.32 Å². The molecule has 1 N–H and O–H groups in total. The molecule has 2 aromatic rings. The Bertz CT molecular complexity index is 1320. The van der Waals surface area contributed by atoms with Gasteiger partial charge in [0, 0.05) is 31.9 Å². The van der Waals surface area contributed by atoms with Gasteiger partial charge >= 0.3 is 0 Å². The molecule has 9 nitrogen and oxygen atoms in total. The summed E-state index contributed by atoms with van der Waals surface area (Å²) in [6.45, 7) is 8.02. The molecule has 0 bridgehead atoms. The molecule has 0 aliphatic carbocycles. The van der Waals surface area contributed by atoms with Crippen LogP contribution in [0.25, 0.3) is 0 Å². The molecule has 0 aromatic heterocycles. The first-order valence-electron chi connectivity index (χ1n) is 14.9. The normalized spacial score (nSPS) is 18.6. The van der Waals surface area contributed by atoms with Crippen molar-refractivity contribution in [3.05, 3.63) is 65.7 Å². The number of rotatable bonds is 17. The van der Waals surface area contributed by atoms with E-state index in [1.165, 1.54) is 10.6 Å². The predicted molar refractivity (Wildman–Crippen MR) is 169 cm³/mol. The number of hydrogen-bond acceptors (Lipinski definition) is 8. The quantitative estimate of drug-likeness (QED) is 0.213. The van der Waals surface area contributed by atoms with Gasteiger partial charge in [0.25, 0.3) is 0 Å². The van der Waals surface area contributed by atoms with Gasteiger partial charge in [-0.2, -0.15) is 4.31 Å². The first-order valence-corrected chi connectivity index (χ1v) is 18.3. The average molecular weight is 621 g/mol. The summed E-state index contributed by atoms with van der Waals surface area (Å²) in [5, 5.41) is 2.29. The van der Waals surface area contributed by atoms with Crippen LogP contribution in [0.4, 0.5) is 0 Å². The molecule has 3 unspecified atom stereocenters. The minimum atomic E-state index is -3.60. The van der Waals surface area contributed by atoms with E-state index in [0.29, 0.717) is 36.9 Å². The number of carbonyl (C=O) groups is 1. The van der Waals surface area contributed by atoms with E-state index in [4.69, 9.17) is 0 Å². The summed E-state index contributed by atoms with van der Waals surface area (Å²) < 4.78 is 51.8. The number of hydrogen-bond donors (Lipinski definition) is 1. The Morgan fingerprint density at radius 2 is 1.69 bits per heavy atom. The molecule has 1 saturated heterocycles. The molecule has 0 amide bonds. The number of piperazine rings is 1. The van der Waals surface area contributed by atoms with E-state index < -0.39 is 31.3 Å². The monoisotopic (exact) mass is 620 g/mol. The van der Waals surface area contributed by atoms with Crippen LogP contribution in [0.15, 0.2) is 59.5 Å². The van der Waals surface area contributed by atoms with Crippen molar-refractivity contribution in [3.8, 4) is 0 Å². The summed E-state index contributed by atoms with van der Waals surface area (Å²) in [5.74, 6) is 0. The summed E-state index contributed by atoms with van der Waals surface area (Å²) in [6.07, 6.45) is 5.95. The van der Waals surface area contributed by atoms with Crippen LogP contribution >= 0.6 is 0 Å². The number of sulfonamides is 1. The topological polar surface area (TPSA) is 107 Å². The number of carbonyl (C=O) groups excluding carboxylic acids is 1. The zero-order valence-corrected chi connectivity index (χ0v) is 27.1. The predicted octanol–water partition coefficient (Wildman–Crippen LogP) is 2.82. The second-order valence-electron chi connectivity index (χ2n) is 11.2. The molecule has 1 aliphatic rings. The van der Waals surface area contributed by atoms with E-state index >= 15 is 0 Å². The molecule has 1 heterocycles. The molecule has 1 aliphatic heterocycles. The van der Waals surface area contributed by atoms with Gasteiger partial charge in [-0.15, -0.1) is 0 Å². The number of nitrogens with zero attached hydrogens (tertiary/aromatic N) is 3. The summed E-state index contributed by atoms with van der Waals surface area (Å²) in [6, 6.07) is 16.8. The Hall–Kier alpha value is -2.15. The van der Waals surface area contributed by atoms with Crippen molar-refractivity contribution in [2.45, 2.75) is 68.3 Å². The minimum absolute atomic E-state index is 0.186. The maximum atomic E-state index is 13.4. The lowest BCUT2D eigenvalue weighted by molar-refractivity contribution is -0.113. The fourth-order valence-electron chi connectivity index (χ4n) is 5.69. The van der Waals surface area contributed by atoms with Crippen molar-refractivity contribution in [1.29, 1.82) is 0 Å². The Labute approximate surface area is 253 Å². The molecule has 3 rings (SSSR count). The second-order valence-corrected chi connectivity index (χ2v) is 15.4. The molecule has 234 valence electrons. The second kappa shape index (κ2) is 16.1. The largest absolute Gasteiger partial charge is 0.303 e. The van der Waals surface area contributed by atoms with E-state index in [1.54, 1.807) is 19.2 Å². The maximum Gasteiger partial charge on any atom is 0.230 e. The highest BCUT2D eigenvalue weighted by Crippen LogP contribution is 2.19. The Morgan fingerprint density at radius 1 is 1.00 bits per heavy atom. The number of likely N-dealkylation sites (N-methyl/N-ethyl adjacent to an activating group) is 1. The molecular weight excluding hydrogens is 572 g/mol. The van der Waals surface area contributed by atoms with E-state index in [0.717, 1.165) is 56.3 Å². The molecule has 0 saturated carbocycles. The van der Waals surface area contributed by atoms with Gasteiger partial charge in [-0.05, 0) is 89.0 Å². The summed E-state index contributed by atoms with van der Waals surface area (Å²) in [5.41, 5.74) is 2.21. The van der Waals surface area contributed by atoms with Crippen LogP contribution in [0.5, 0.6) is 0 Å². The van der Waals surface area contributed by atoms with Crippen LogP contribution in [0.3, 0.4) is 0 Å². The van der Waals surface area contributed by atoms with Gasteiger partial charge < -0.3 is 15.0 Å². The third-order valence-corrected chi connectivity index (χ3v) is 11.7. The Balaban J connectivity index is 1.46. The Morgan fingerprint density at radius 3 is 2.29 bits per heavy atom. The molecule has 42 heavy (non-hydrogen) atoms. The van der Waals surface area contributed by atoms with Crippen molar-refractivity contribution in [3.63, 3.8) is 0 Å². The standard InChI is InChI=1S/C31H48N4O5S2/c1-5-33(26(2)23-28-13-16-30(17-14-28)41(4,37)38)19-9-10-20-34-21-22-35(24-29(34)25-36)42(39,40)31(32-3)18-15-27-11-7-6-8-12-27/h6-8,11-14,16-17,25-26,29,31-32H,5,9-10,15,18-24H2,1-4H3. The number of benzene rings is 2. The van der Waals surface area contributed by atoms with E-state index in [2.05, 4.69) is 29.0 Å². The van der Waals surface area contributed by atoms with Crippen LogP contribution in [-0.4, -0.2) is 107 Å². The van der Waals surface area contributed by atoms with E-state index in [1.807, 2.05) is 42.5 Å². The zero-order valence-electron chi connectivity index (χ0n) is 25.5. The van der Waals surface area contributed by atoms with Gasteiger partial charge in [0.2, 0.25) is 10.0 Å². The van der Waals surface area contributed by atoms with E-state index in [-0.39, 0.29) is 6.54 Å². The van der Waals surface area contributed by atoms with Crippen molar-refractivity contribution < 1.29 is 21.6 Å². The SMILES string of the molecule is CCN(CCCCN1CCN(S(=O)(=O)C(CCc2ccccc2)NC)CC1C=O)C(C)Cc1ccc(S(C)(=O)=O)cc1. The lowest BCUT2D eigenvalue weighted by Crippen LogP contribution is -2.58. The molecule has 3 atom stereocenters. The highest BCUT2D eigenvalue weighted by molar-refractivity contribution is 7.90. The fourth-order valence-corrected chi connectivity index (χ4v) is 8.09. The van der Waals surface area contributed by atoms with Gasteiger partial charge in [-0.3, -0.25) is 4.90 Å².